The maximum Gasteiger partial charge on any atom is 0.254 e. The van der Waals surface area contributed by atoms with Crippen LogP contribution in [0.4, 0.5) is 10.7 Å². The first-order valence-corrected chi connectivity index (χ1v) is 13.7. The molecule has 0 aliphatic heterocycles. The van der Waals surface area contributed by atoms with Crippen LogP contribution in [0.1, 0.15) is 58.6 Å². The first-order valence-electron chi connectivity index (χ1n) is 12.1. The second-order valence-corrected chi connectivity index (χ2v) is 11.5. The monoisotopic (exact) mass is 532 g/mol. The third-order valence-electron chi connectivity index (χ3n) is 6.56. The fourth-order valence-electron chi connectivity index (χ4n) is 4.21. The number of amides is 2. The zero-order valence-electron chi connectivity index (χ0n) is 19.5. The lowest BCUT2D eigenvalue weighted by Gasteiger charge is -2.25. The van der Waals surface area contributed by atoms with Crippen molar-refractivity contribution in [2.45, 2.75) is 57.9 Å². The van der Waals surface area contributed by atoms with Gasteiger partial charge in [0.25, 0.3) is 5.91 Å². The summed E-state index contributed by atoms with van der Waals surface area (Å²) in [6, 6.07) is 3.76. The zero-order chi connectivity index (χ0) is 24.5. The third kappa shape index (κ3) is 6.05. The summed E-state index contributed by atoms with van der Waals surface area (Å²) in [5, 5.41) is 11.0. The molecule has 2 saturated carbocycles. The zero-order valence-corrected chi connectivity index (χ0v) is 21.9. The highest BCUT2D eigenvalue weighted by atomic mass is 35.5. The summed E-state index contributed by atoms with van der Waals surface area (Å²) in [5.74, 6) is 0.597. The first kappa shape index (κ1) is 24.3. The molecule has 186 valence electrons. The number of anilines is 2. The molecule has 0 bridgehead atoms. The topological polar surface area (TPSA) is 107 Å². The highest BCUT2D eigenvalue weighted by molar-refractivity contribution is 7.80. The van der Waals surface area contributed by atoms with Gasteiger partial charge >= 0.3 is 0 Å². The summed E-state index contributed by atoms with van der Waals surface area (Å²) in [6.45, 7) is 2.57. The second kappa shape index (κ2) is 10.3. The molecule has 2 heterocycles. The number of nitrogens with one attached hydrogen (secondary N) is 5. The summed E-state index contributed by atoms with van der Waals surface area (Å²) in [5.41, 5.74) is 9.07. The standard InChI is InChI=1S/C24H29ClN6O2S2/c1-12-2-8-17(20(25)27-12)30-31-24(34)28-15-7-9-18-16(10-15)19(22(33)26-11-13-3-4-13)23(35-18)29-21(32)14-5-6-14/h2,8,13-15,30H,3-7,9-11H2,1H3,(H,26,33)(H,29,32)(H2,28,31,34)/t15-/m0/s1. The van der Waals surface area contributed by atoms with Gasteiger partial charge in [0.1, 0.15) is 5.00 Å². The van der Waals surface area contributed by atoms with Crippen molar-refractivity contribution in [2.75, 3.05) is 17.3 Å². The van der Waals surface area contributed by atoms with Gasteiger partial charge in [-0.2, -0.15) is 0 Å². The number of pyridine rings is 1. The van der Waals surface area contributed by atoms with E-state index < -0.39 is 0 Å². The Morgan fingerprint density at radius 2 is 2.00 bits per heavy atom. The third-order valence-corrected chi connectivity index (χ3v) is 8.27. The van der Waals surface area contributed by atoms with Crippen molar-refractivity contribution in [1.29, 1.82) is 0 Å². The molecule has 11 heteroatoms. The Balaban J connectivity index is 1.25. The van der Waals surface area contributed by atoms with E-state index in [1.54, 1.807) is 11.3 Å². The van der Waals surface area contributed by atoms with Crippen molar-refractivity contribution >= 4 is 62.8 Å². The molecule has 5 rings (SSSR count). The molecule has 0 unspecified atom stereocenters. The van der Waals surface area contributed by atoms with E-state index in [-0.39, 0.29) is 23.8 Å². The largest absolute Gasteiger partial charge is 0.358 e. The molecular weight excluding hydrogens is 504 g/mol. The predicted octanol–water partition coefficient (Wildman–Crippen LogP) is 3.94. The number of halogens is 1. The summed E-state index contributed by atoms with van der Waals surface area (Å²) in [4.78, 5) is 31.1. The van der Waals surface area contributed by atoms with Crippen molar-refractivity contribution in [1.82, 2.24) is 21.0 Å². The van der Waals surface area contributed by atoms with Crippen LogP contribution in [0, 0.1) is 18.8 Å². The number of nitrogens with zero attached hydrogens (tertiary/aromatic N) is 1. The number of aromatic nitrogens is 1. The molecule has 2 aromatic rings. The Morgan fingerprint density at radius 3 is 2.71 bits per heavy atom. The number of thiophene rings is 1. The van der Waals surface area contributed by atoms with Crippen LogP contribution in [0.25, 0.3) is 0 Å². The molecule has 0 saturated heterocycles. The maximum absolute atomic E-state index is 13.2. The summed E-state index contributed by atoms with van der Waals surface area (Å²) < 4.78 is 0. The highest BCUT2D eigenvalue weighted by Crippen LogP contribution is 2.40. The molecule has 3 aliphatic rings. The molecule has 0 radical (unpaired) electrons. The summed E-state index contributed by atoms with van der Waals surface area (Å²) in [6.07, 6.45) is 6.54. The number of fused-ring (bicyclic) bond motifs is 1. The van der Waals surface area contributed by atoms with Gasteiger partial charge in [-0.1, -0.05) is 11.6 Å². The molecular formula is C24H29ClN6O2S2. The van der Waals surface area contributed by atoms with Gasteiger partial charge in [0.2, 0.25) is 5.91 Å². The number of rotatable bonds is 8. The van der Waals surface area contributed by atoms with Crippen LogP contribution >= 0.6 is 35.2 Å². The van der Waals surface area contributed by atoms with Crippen LogP contribution in [0.5, 0.6) is 0 Å². The Hall–Kier alpha value is -2.43. The lowest BCUT2D eigenvalue weighted by molar-refractivity contribution is -0.117. The van der Waals surface area contributed by atoms with Crippen molar-refractivity contribution in [3.05, 3.63) is 39.0 Å². The molecule has 1 atom stereocenters. The van der Waals surface area contributed by atoms with Crippen LogP contribution < -0.4 is 26.8 Å². The number of hydrazine groups is 1. The lowest BCUT2D eigenvalue weighted by atomic mass is 9.91. The van der Waals surface area contributed by atoms with Gasteiger partial charge in [-0.15, -0.1) is 11.3 Å². The Morgan fingerprint density at radius 1 is 1.20 bits per heavy atom. The first-order chi connectivity index (χ1) is 16.9. The van der Waals surface area contributed by atoms with Crippen molar-refractivity contribution in [3.8, 4) is 0 Å². The van der Waals surface area contributed by atoms with E-state index in [1.807, 2.05) is 19.1 Å². The smallest absolute Gasteiger partial charge is 0.254 e. The van der Waals surface area contributed by atoms with E-state index in [1.165, 1.54) is 17.7 Å². The maximum atomic E-state index is 13.2. The Bertz CT molecular complexity index is 1160. The number of carbonyl (C=O) groups is 2. The molecule has 2 aromatic heterocycles. The average molecular weight is 533 g/mol. The number of aryl methyl sites for hydroxylation is 2. The number of carbonyl (C=O) groups excluding carboxylic acids is 2. The Labute approximate surface area is 219 Å². The SMILES string of the molecule is Cc1ccc(NNC(=S)N[C@H]2CCc3sc(NC(=O)C4CC4)c(C(=O)NCC4CC4)c3C2)c(Cl)n1. The van der Waals surface area contributed by atoms with E-state index in [0.29, 0.717) is 45.4 Å². The van der Waals surface area contributed by atoms with Gasteiger partial charge < -0.3 is 16.0 Å². The Kier molecular flexibility index (Phi) is 7.13. The van der Waals surface area contributed by atoms with Crippen LogP contribution in [-0.4, -0.2) is 34.5 Å². The van der Waals surface area contributed by atoms with Crippen molar-refractivity contribution in [3.63, 3.8) is 0 Å². The molecule has 35 heavy (non-hydrogen) atoms. The van der Waals surface area contributed by atoms with E-state index in [4.69, 9.17) is 23.8 Å². The van der Waals surface area contributed by atoms with Crippen molar-refractivity contribution < 1.29 is 9.59 Å². The molecule has 2 amide bonds. The van der Waals surface area contributed by atoms with Crippen LogP contribution in [0.15, 0.2) is 12.1 Å². The van der Waals surface area contributed by atoms with Crippen LogP contribution in [-0.2, 0) is 17.6 Å². The number of hydrogen-bond donors (Lipinski definition) is 5. The van der Waals surface area contributed by atoms with E-state index in [9.17, 15) is 9.59 Å². The second-order valence-electron chi connectivity index (χ2n) is 9.58. The van der Waals surface area contributed by atoms with E-state index >= 15 is 0 Å². The molecule has 5 N–H and O–H groups in total. The fourth-order valence-corrected chi connectivity index (χ4v) is 5.91. The van der Waals surface area contributed by atoms with Gasteiger partial charge in [-0.05, 0) is 87.7 Å². The molecule has 0 spiro atoms. The summed E-state index contributed by atoms with van der Waals surface area (Å²) >= 11 is 13.2. The fraction of sp³-hybridized carbons (Fsp3) is 0.500. The van der Waals surface area contributed by atoms with Crippen LogP contribution in [0.2, 0.25) is 5.15 Å². The normalized spacial score (nSPS) is 18.9. The molecule has 8 nitrogen and oxygen atoms in total. The van der Waals surface area contributed by atoms with Crippen molar-refractivity contribution in [2.24, 2.45) is 11.8 Å². The van der Waals surface area contributed by atoms with Gasteiger partial charge in [0, 0.05) is 29.1 Å². The minimum Gasteiger partial charge on any atom is -0.358 e. The molecule has 0 aromatic carbocycles. The van der Waals surface area contributed by atoms with Gasteiger partial charge in [0.05, 0.1) is 11.3 Å². The lowest BCUT2D eigenvalue weighted by Crippen LogP contribution is -2.46. The predicted molar refractivity (Wildman–Crippen MR) is 143 cm³/mol. The minimum absolute atomic E-state index is 0.0234. The molecule has 3 aliphatic carbocycles. The number of hydrogen-bond acceptors (Lipinski definition) is 6. The van der Waals surface area contributed by atoms with E-state index in [2.05, 4.69) is 31.8 Å². The van der Waals surface area contributed by atoms with Gasteiger partial charge in [-0.3, -0.25) is 20.4 Å². The average Bonchev–Trinajstić information content (AvgIpc) is 3.73. The summed E-state index contributed by atoms with van der Waals surface area (Å²) in [7, 11) is 0. The van der Waals surface area contributed by atoms with Gasteiger partial charge in [0.15, 0.2) is 10.3 Å². The highest BCUT2D eigenvalue weighted by Gasteiger charge is 2.34. The minimum atomic E-state index is -0.0926. The van der Waals surface area contributed by atoms with Crippen LogP contribution in [0.3, 0.4) is 0 Å². The quantitative estimate of drug-likeness (QED) is 0.199. The van der Waals surface area contributed by atoms with Gasteiger partial charge in [-0.25, -0.2) is 4.98 Å². The van der Waals surface area contributed by atoms with E-state index in [0.717, 1.165) is 36.9 Å². The molecule has 2 fully saturated rings. The number of thiocarbonyl (C=S) groups is 1.